The highest BCUT2D eigenvalue weighted by Crippen LogP contribution is 2.31. The van der Waals surface area contributed by atoms with Gasteiger partial charge in [-0.25, -0.2) is 0 Å². The van der Waals surface area contributed by atoms with Gasteiger partial charge in [-0.05, 0) is 18.3 Å². The molecule has 0 spiro atoms. The van der Waals surface area contributed by atoms with Crippen LogP contribution in [0.4, 0.5) is 0 Å². The number of hydrogen-bond acceptors (Lipinski definition) is 2. The van der Waals surface area contributed by atoms with Gasteiger partial charge in [0.2, 0.25) is 0 Å². The molecule has 18 heavy (non-hydrogen) atoms. The van der Waals surface area contributed by atoms with Crippen LogP contribution in [0.2, 0.25) is 0 Å². The van der Waals surface area contributed by atoms with Gasteiger partial charge < -0.3 is 5.21 Å². The van der Waals surface area contributed by atoms with Gasteiger partial charge in [0.1, 0.15) is 0 Å². The quantitative estimate of drug-likeness (QED) is 0.563. The van der Waals surface area contributed by atoms with E-state index in [2.05, 4.69) is 13.8 Å². The lowest BCUT2D eigenvalue weighted by atomic mass is 9.83. The van der Waals surface area contributed by atoms with Crippen LogP contribution in [0, 0.1) is 11.8 Å². The highest BCUT2D eigenvalue weighted by molar-refractivity contribution is 4.78. The SMILES string of the molecule is CCCCCCC(CCCCC)C1CCN(O)C1. The van der Waals surface area contributed by atoms with Crippen molar-refractivity contribution in [3.8, 4) is 0 Å². The largest absolute Gasteiger partial charge is 0.314 e. The minimum absolute atomic E-state index is 0.758. The summed E-state index contributed by atoms with van der Waals surface area (Å²) in [6.07, 6.45) is 13.6. The van der Waals surface area contributed by atoms with Gasteiger partial charge in [-0.15, -0.1) is 0 Å². The standard InChI is InChI=1S/C16H33NO/c1-3-5-7-9-11-15(10-8-6-4-2)16-12-13-17(18)14-16/h15-16,18H,3-14H2,1-2H3. The Morgan fingerprint density at radius 2 is 1.61 bits per heavy atom. The molecule has 0 aromatic heterocycles. The number of unbranched alkanes of at least 4 members (excludes halogenated alkanes) is 5. The van der Waals surface area contributed by atoms with Crippen molar-refractivity contribution < 1.29 is 5.21 Å². The monoisotopic (exact) mass is 255 g/mol. The Hall–Kier alpha value is -0.0800. The maximum absolute atomic E-state index is 9.56. The fourth-order valence-electron chi connectivity index (χ4n) is 3.26. The number of nitrogens with zero attached hydrogens (tertiary/aromatic N) is 1. The Bertz CT molecular complexity index is 196. The fraction of sp³-hybridized carbons (Fsp3) is 1.00. The molecular formula is C16H33NO. The zero-order chi connectivity index (χ0) is 13.2. The minimum Gasteiger partial charge on any atom is -0.314 e. The van der Waals surface area contributed by atoms with Gasteiger partial charge in [0, 0.05) is 13.1 Å². The molecule has 108 valence electrons. The Morgan fingerprint density at radius 1 is 1.00 bits per heavy atom. The zero-order valence-electron chi connectivity index (χ0n) is 12.5. The molecule has 2 heteroatoms. The van der Waals surface area contributed by atoms with Crippen LogP contribution in [0.25, 0.3) is 0 Å². The summed E-state index contributed by atoms with van der Waals surface area (Å²) >= 11 is 0. The topological polar surface area (TPSA) is 23.5 Å². The molecule has 2 atom stereocenters. The lowest BCUT2D eigenvalue weighted by molar-refractivity contribution is -0.0734. The summed E-state index contributed by atoms with van der Waals surface area (Å²) in [6, 6.07) is 0. The molecule has 0 aromatic carbocycles. The summed E-state index contributed by atoms with van der Waals surface area (Å²) in [6.45, 7) is 6.37. The van der Waals surface area contributed by atoms with E-state index in [1.807, 2.05) is 0 Å². The third kappa shape index (κ3) is 6.19. The molecule has 1 aliphatic heterocycles. The van der Waals surface area contributed by atoms with E-state index in [0.717, 1.165) is 24.9 Å². The lowest BCUT2D eigenvalue weighted by Crippen LogP contribution is -2.20. The van der Waals surface area contributed by atoms with Gasteiger partial charge in [0.25, 0.3) is 0 Å². The summed E-state index contributed by atoms with van der Waals surface area (Å²) in [5.41, 5.74) is 0. The van der Waals surface area contributed by atoms with Crippen LogP contribution in [0.15, 0.2) is 0 Å². The first kappa shape index (κ1) is 16.0. The maximum Gasteiger partial charge on any atom is 0.0269 e. The third-order valence-electron chi connectivity index (χ3n) is 4.48. The molecule has 0 bridgehead atoms. The Kier molecular flexibility index (Phi) is 8.70. The van der Waals surface area contributed by atoms with Gasteiger partial charge in [-0.1, -0.05) is 71.6 Å². The van der Waals surface area contributed by atoms with E-state index in [1.165, 1.54) is 69.3 Å². The zero-order valence-corrected chi connectivity index (χ0v) is 12.5. The second-order valence-corrected chi connectivity index (χ2v) is 6.07. The first-order valence-corrected chi connectivity index (χ1v) is 8.21. The van der Waals surface area contributed by atoms with E-state index in [0.29, 0.717) is 0 Å². The van der Waals surface area contributed by atoms with Crippen LogP contribution >= 0.6 is 0 Å². The van der Waals surface area contributed by atoms with Gasteiger partial charge in [0.15, 0.2) is 0 Å². The molecule has 1 fully saturated rings. The van der Waals surface area contributed by atoms with Gasteiger partial charge in [0.05, 0.1) is 0 Å². The van der Waals surface area contributed by atoms with Crippen LogP contribution in [-0.4, -0.2) is 23.4 Å². The fourth-order valence-corrected chi connectivity index (χ4v) is 3.26. The first-order chi connectivity index (χ1) is 8.77. The molecule has 0 radical (unpaired) electrons. The highest BCUT2D eigenvalue weighted by atomic mass is 16.5. The molecule has 2 unspecified atom stereocenters. The summed E-state index contributed by atoms with van der Waals surface area (Å²) in [5.74, 6) is 1.62. The van der Waals surface area contributed by atoms with Crippen molar-refractivity contribution in [2.45, 2.75) is 78.1 Å². The van der Waals surface area contributed by atoms with Crippen LogP contribution in [-0.2, 0) is 0 Å². The normalized spacial score (nSPS) is 22.5. The summed E-state index contributed by atoms with van der Waals surface area (Å²) < 4.78 is 0. The molecule has 0 amide bonds. The van der Waals surface area contributed by atoms with Gasteiger partial charge in [-0.2, -0.15) is 5.06 Å². The molecule has 1 aliphatic rings. The van der Waals surface area contributed by atoms with Crippen LogP contribution < -0.4 is 0 Å². The predicted molar refractivity (Wildman–Crippen MR) is 77.9 cm³/mol. The van der Waals surface area contributed by atoms with Crippen LogP contribution in [0.1, 0.15) is 78.1 Å². The van der Waals surface area contributed by atoms with Crippen molar-refractivity contribution in [1.29, 1.82) is 0 Å². The van der Waals surface area contributed by atoms with E-state index in [1.54, 1.807) is 0 Å². The smallest absolute Gasteiger partial charge is 0.0269 e. The summed E-state index contributed by atoms with van der Waals surface area (Å²) in [4.78, 5) is 0. The van der Waals surface area contributed by atoms with E-state index in [4.69, 9.17) is 0 Å². The van der Waals surface area contributed by atoms with Crippen molar-refractivity contribution in [2.24, 2.45) is 11.8 Å². The van der Waals surface area contributed by atoms with Crippen molar-refractivity contribution in [3.63, 3.8) is 0 Å². The van der Waals surface area contributed by atoms with Crippen molar-refractivity contribution in [3.05, 3.63) is 0 Å². The van der Waals surface area contributed by atoms with E-state index in [9.17, 15) is 5.21 Å². The highest BCUT2D eigenvalue weighted by Gasteiger charge is 2.27. The molecular weight excluding hydrogens is 222 g/mol. The second-order valence-electron chi connectivity index (χ2n) is 6.07. The molecule has 1 rings (SSSR count). The second kappa shape index (κ2) is 9.80. The molecule has 0 aromatic rings. The average molecular weight is 255 g/mol. The van der Waals surface area contributed by atoms with E-state index in [-0.39, 0.29) is 0 Å². The van der Waals surface area contributed by atoms with Gasteiger partial charge in [-0.3, -0.25) is 0 Å². The molecule has 1 saturated heterocycles. The minimum atomic E-state index is 0.758. The van der Waals surface area contributed by atoms with Crippen LogP contribution in [0.3, 0.4) is 0 Å². The van der Waals surface area contributed by atoms with Gasteiger partial charge >= 0.3 is 0 Å². The number of hydrogen-bond donors (Lipinski definition) is 1. The van der Waals surface area contributed by atoms with Crippen molar-refractivity contribution in [1.82, 2.24) is 5.06 Å². The third-order valence-corrected chi connectivity index (χ3v) is 4.48. The Balaban J connectivity index is 2.27. The number of rotatable bonds is 10. The molecule has 1 N–H and O–H groups in total. The average Bonchev–Trinajstić information content (AvgIpc) is 2.79. The van der Waals surface area contributed by atoms with E-state index >= 15 is 0 Å². The Morgan fingerprint density at radius 3 is 2.17 bits per heavy atom. The number of hydroxylamine groups is 2. The van der Waals surface area contributed by atoms with E-state index < -0.39 is 0 Å². The van der Waals surface area contributed by atoms with Crippen molar-refractivity contribution in [2.75, 3.05) is 13.1 Å². The summed E-state index contributed by atoms with van der Waals surface area (Å²) in [7, 11) is 0. The molecule has 1 heterocycles. The van der Waals surface area contributed by atoms with Crippen molar-refractivity contribution >= 4 is 0 Å². The Labute approximate surface area is 114 Å². The maximum atomic E-state index is 9.56. The molecule has 2 nitrogen and oxygen atoms in total. The predicted octanol–water partition coefficient (Wildman–Crippen LogP) is 4.86. The first-order valence-electron chi connectivity index (χ1n) is 8.21. The lowest BCUT2D eigenvalue weighted by Gasteiger charge is -2.23. The molecule has 0 saturated carbocycles. The molecule has 0 aliphatic carbocycles. The van der Waals surface area contributed by atoms with Crippen LogP contribution in [0.5, 0.6) is 0 Å². The summed E-state index contributed by atoms with van der Waals surface area (Å²) in [5, 5.41) is 11.1.